The second-order valence-electron chi connectivity index (χ2n) is 34.3. The fourth-order valence-corrected chi connectivity index (χ4v) is 22.4. The van der Waals surface area contributed by atoms with Crippen molar-refractivity contribution in [1.82, 2.24) is 13.7 Å². The van der Waals surface area contributed by atoms with Crippen LogP contribution in [0.2, 0.25) is 0 Å². The van der Waals surface area contributed by atoms with Crippen molar-refractivity contribution in [1.29, 1.82) is 0 Å². The standard InChI is InChI=1S/C82H86BN3Si/c1-76(2,3)45-25-30-51(31-26-45)84-60-34-29-46(77(4,5)6)37-56(60)68-63(84)44-59-74-70(68)69-57(82(19,20)21)23-22-24-61(69)85(74)62-35-36-64-75-71(62)83(59)58-40-49(80(13,14)15)38-54-55-39-50(81(16,17)18)43-67(73(55)86(75)72(54)58)87(64)65-41-47(78(7,8)9)27-32-52(65)53-33-28-48(42-66(53)87)79(10,11)12/h22-44H,1-21H3. The fraction of sp³-hybridized carbons (Fsp3) is 0.341. The monoisotopic (exact) mass is 1150 g/mol. The molecule has 5 heteroatoms. The molecule has 12 aromatic rings. The summed E-state index contributed by atoms with van der Waals surface area (Å²) in [7, 11) is -3.24. The van der Waals surface area contributed by atoms with Crippen molar-refractivity contribution >= 4 is 117 Å². The van der Waals surface area contributed by atoms with Gasteiger partial charge in [0.2, 0.25) is 0 Å². The van der Waals surface area contributed by atoms with Gasteiger partial charge in [0.25, 0.3) is 6.71 Å². The van der Waals surface area contributed by atoms with E-state index >= 15 is 0 Å². The van der Waals surface area contributed by atoms with Crippen molar-refractivity contribution in [2.24, 2.45) is 0 Å². The van der Waals surface area contributed by atoms with Crippen LogP contribution in [-0.4, -0.2) is 28.5 Å². The molecule has 0 fully saturated rings. The average molecular weight is 1150 g/mol. The van der Waals surface area contributed by atoms with E-state index in [0.717, 1.165) is 0 Å². The maximum absolute atomic E-state index is 3.24. The maximum atomic E-state index is 2.87. The molecule has 0 aliphatic carbocycles. The van der Waals surface area contributed by atoms with Crippen molar-refractivity contribution in [3.05, 3.63) is 178 Å². The summed E-state index contributed by atoms with van der Waals surface area (Å²) in [5, 5.41) is 14.4. The van der Waals surface area contributed by atoms with Crippen LogP contribution in [0.1, 0.15) is 184 Å². The number of aromatic nitrogens is 3. The Bertz CT molecular complexity index is 5050. The van der Waals surface area contributed by atoms with Crippen molar-refractivity contribution in [2.45, 2.75) is 183 Å². The van der Waals surface area contributed by atoms with Gasteiger partial charge in [-0.1, -0.05) is 230 Å². The predicted molar refractivity (Wildman–Crippen MR) is 381 cm³/mol. The Morgan fingerprint density at radius 3 is 1.40 bits per heavy atom. The Hall–Kier alpha value is -7.34. The molecule has 3 nitrogen and oxygen atoms in total. The third-order valence-electron chi connectivity index (χ3n) is 21.4. The van der Waals surface area contributed by atoms with Crippen LogP contribution in [0.25, 0.3) is 93.6 Å². The second-order valence-corrected chi connectivity index (χ2v) is 38.0. The van der Waals surface area contributed by atoms with Crippen LogP contribution >= 0.6 is 0 Å². The fourth-order valence-electron chi connectivity index (χ4n) is 16.7. The van der Waals surface area contributed by atoms with Crippen LogP contribution in [0.3, 0.4) is 0 Å². The van der Waals surface area contributed by atoms with Crippen LogP contribution < -0.4 is 37.1 Å². The zero-order chi connectivity index (χ0) is 61.5. The Morgan fingerprint density at radius 1 is 0.322 bits per heavy atom. The van der Waals surface area contributed by atoms with Crippen LogP contribution in [0.4, 0.5) is 0 Å². The smallest absolute Gasteiger partial charge is 0.252 e. The first-order valence-electron chi connectivity index (χ1n) is 32.5. The van der Waals surface area contributed by atoms with Gasteiger partial charge >= 0.3 is 0 Å². The first-order chi connectivity index (χ1) is 40.6. The summed E-state index contributed by atoms with van der Waals surface area (Å²) in [6.45, 7) is 50.4. The molecule has 0 unspecified atom stereocenters. The molecular formula is C82H86BN3Si. The summed E-state index contributed by atoms with van der Waals surface area (Å²) in [6, 6.07) is 58.4. The Balaban J connectivity index is 1.17. The average Bonchev–Trinajstić information content (AvgIpc) is 1.53. The van der Waals surface area contributed by atoms with Crippen molar-refractivity contribution in [3.63, 3.8) is 0 Å². The van der Waals surface area contributed by atoms with E-state index in [1.165, 1.54) is 154 Å². The number of benzene rings is 9. The van der Waals surface area contributed by atoms with Crippen molar-refractivity contribution < 1.29 is 0 Å². The van der Waals surface area contributed by atoms with E-state index in [1.54, 1.807) is 15.6 Å². The highest BCUT2D eigenvalue weighted by Gasteiger charge is 2.57. The number of fused-ring (bicyclic) bond motifs is 18. The number of rotatable bonds is 1. The Kier molecular flexibility index (Phi) is 10.5. The minimum Gasteiger partial charge on any atom is -0.310 e. The zero-order valence-electron chi connectivity index (χ0n) is 55.7. The van der Waals surface area contributed by atoms with Crippen molar-refractivity contribution in [2.75, 3.05) is 0 Å². The quantitative estimate of drug-likeness (QED) is 0.146. The molecule has 3 aromatic heterocycles. The lowest BCUT2D eigenvalue weighted by Gasteiger charge is -2.43. The molecular weight excluding hydrogens is 1070 g/mol. The Morgan fingerprint density at radius 2 is 0.828 bits per heavy atom. The van der Waals surface area contributed by atoms with Crippen LogP contribution in [0.15, 0.2) is 140 Å². The summed E-state index contributed by atoms with van der Waals surface area (Å²) in [4.78, 5) is 0. The van der Waals surface area contributed by atoms with E-state index in [4.69, 9.17) is 0 Å². The normalized spacial score (nSPS) is 15.3. The van der Waals surface area contributed by atoms with Crippen molar-refractivity contribution in [3.8, 4) is 28.2 Å². The summed E-state index contributed by atoms with van der Waals surface area (Å²) >= 11 is 0. The Labute approximate surface area is 517 Å². The van der Waals surface area contributed by atoms with Gasteiger partial charge in [0.05, 0.1) is 27.6 Å². The summed E-state index contributed by atoms with van der Waals surface area (Å²) in [5.41, 5.74) is 28.2. The number of hydrogen-bond donors (Lipinski definition) is 0. The van der Waals surface area contributed by atoms with Gasteiger partial charge in [0.15, 0.2) is 8.07 Å². The summed E-state index contributed by atoms with van der Waals surface area (Å²) in [6.07, 6.45) is 0. The molecule has 0 amide bonds. The molecule has 9 aromatic carbocycles. The molecule has 0 saturated heterocycles. The highest BCUT2D eigenvalue weighted by molar-refractivity contribution is 7.24. The molecule has 0 atom stereocenters. The van der Waals surface area contributed by atoms with E-state index in [1.807, 2.05) is 0 Å². The molecule has 0 bridgehead atoms. The molecule has 0 saturated carbocycles. The largest absolute Gasteiger partial charge is 0.310 e. The van der Waals surface area contributed by atoms with E-state index in [-0.39, 0.29) is 44.6 Å². The third kappa shape index (κ3) is 7.13. The summed E-state index contributed by atoms with van der Waals surface area (Å²) in [5.74, 6) is 0. The molecule has 436 valence electrons. The number of nitrogens with zero attached hydrogens (tertiary/aromatic N) is 3. The lowest BCUT2D eigenvalue weighted by molar-refractivity contribution is 0.590. The second kappa shape index (κ2) is 16.7. The predicted octanol–water partition coefficient (Wildman–Crippen LogP) is 16.9. The van der Waals surface area contributed by atoms with E-state index < -0.39 is 8.07 Å². The van der Waals surface area contributed by atoms with Gasteiger partial charge in [-0.3, -0.25) is 0 Å². The van der Waals surface area contributed by atoms with Crippen LogP contribution in [0.5, 0.6) is 0 Å². The molecule has 4 aliphatic heterocycles. The van der Waals surface area contributed by atoms with Gasteiger partial charge in [-0.25, -0.2) is 0 Å². The minimum absolute atomic E-state index is 0.0221. The van der Waals surface area contributed by atoms with E-state index in [0.29, 0.717) is 0 Å². The summed E-state index contributed by atoms with van der Waals surface area (Å²) < 4.78 is 8.29. The molecule has 1 spiro atoms. The molecule has 7 heterocycles. The first kappa shape index (κ1) is 55.0. The first-order valence-corrected chi connectivity index (χ1v) is 34.5. The highest BCUT2D eigenvalue weighted by Crippen LogP contribution is 2.50. The third-order valence-corrected chi connectivity index (χ3v) is 26.3. The van der Waals surface area contributed by atoms with Gasteiger partial charge in [0.1, 0.15) is 0 Å². The van der Waals surface area contributed by atoms with Crippen LogP contribution in [-0.2, 0) is 37.9 Å². The lowest BCUT2D eigenvalue weighted by Crippen LogP contribution is -2.77. The van der Waals surface area contributed by atoms with Gasteiger partial charge in [-0.15, -0.1) is 0 Å². The van der Waals surface area contributed by atoms with Gasteiger partial charge in [0, 0.05) is 54.9 Å². The lowest BCUT2D eigenvalue weighted by atomic mass is 9.34. The SMILES string of the molecule is CC(C)(C)c1ccc(-n2c3ccc(C(C)(C)C)cc3c3c4c5c(C(C)(C)C)cccc5n5c4c(cc32)B2c3c-5ccc4c3-n3c5c2cc(C(C)(C)C)cc5c2cc(C(C)(C)C)cc(c23)[Si]42c3cc(C(C)(C)C)ccc3-c3ccc(C(C)(C)C)cc32)cc1. The minimum atomic E-state index is -3.24. The topological polar surface area (TPSA) is 14.8 Å². The van der Waals surface area contributed by atoms with Gasteiger partial charge in [-0.2, -0.15) is 0 Å². The molecule has 0 N–H and O–H groups in total. The van der Waals surface area contributed by atoms with Crippen LogP contribution in [0, 0.1) is 0 Å². The van der Waals surface area contributed by atoms with Gasteiger partial charge in [-0.05, 0) is 180 Å². The molecule has 87 heavy (non-hydrogen) atoms. The molecule has 16 rings (SSSR count). The van der Waals surface area contributed by atoms with E-state index in [9.17, 15) is 0 Å². The van der Waals surface area contributed by atoms with Gasteiger partial charge < -0.3 is 13.7 Å². The highest BCUT2D eigenvalue weighted by atomic mass is 28.3. The maximum Gasteiger partial charge on any atom is 0.252 e. The molecule has 4 aliphatic rings. The molecule has 0 radical (unpaired) electrons. The van der Waals surface area contributed by atoms with E-state index in [2.05, 4.69) is 299 Å². The number of hydrogen-bond acceptors (Lipinski definition) is 0. The zero-order valence-corrected chi connectivity index (χ0v) is 56.7.